The van der Waals surface area contributed by atoms with Crippen molar-refractivity contribution < 1.29 is 4.79 Å². The van der Waals surface area contributed by atoms with Crippen molar-refractivity contribution in [3.8, 4) is 5.69 Å². The molecule has 1 amide bonds. The standard InChI is InChI=1S/C22H28N6O2S/c1-14-6-7-18(15(2)10-14)28-20-17(12-24-28)21(30)27-16(13-31-22(27)25-20)11-19(29)23-8-5-9-26(3)4/h6-7,10,12,16H,5,8-9,11,13H2,1-4H3,(H,23,29). The molecule has 31 heavy (non-hydrogen) atoms. The van der Waals surface area contributed by atoms with E-state index in [4.69, 9.17) is 4.98 Å². The van der Waals surface area contributed by atoms with Gasteiger partial charge in [0.1, 0.15) is 5.39 Å². The minimum absolute atomic E-state index is 0.0322. The maximum atomic E-state index is 13.3. The first-order chi connectivity index (χ1) is 14.8. The number of amides is 1. The van der Waals surface area contributed by atoms with E-state index < -0.39 is 0 Å². The fourth-order valence-electron chi connectivity index (χ4n) is 3.91. The molecular weight excluding hydrogens is 412 g/mol. The summed E-state index contributed by atoms with van der Waals surface area (Å²) in [5.74, 6) is 0.631. The number of aryl methyl sites for hydroxylation is 2. The summed E-state index contributed by atoms with van der Waals surface area (Å²) in [5, 5.41) is 8.54. The maximum Gasteiger partial charge on any atom is 0.265 e. The first kappa shape index (κ1) is 21.6. The molecule has 8 nitrogen and oxygen atoms in total. The molecule has 0 fully saturated rings. The van der Waals surface area contributed by atoms with E-state index in [9.17, 15) is 9.59 Å². The second-order valence-electron chi connectivity index (χ2n) is 8.33. The maximum absolute atomic E-state index is 13.3. The molecule has 0 spiro atoms. The summed E-state index contributed by atoms with van der Waals surface area (Å²) in [6.07, 6.45) is 2.76. The third kappa shape index (κ3) is 4.38. The Morgan fingerprint density at radius 2 is 2.13 bits per heavy atom. The van der Waals surface area contributed by atoms with Gasteiger partial charge in [-0.25, -0.2) is 9.67 Å². The molecule has 4 rings (SSSR count). The van der Waals surface area contributed by atoms with Crippen molar-refractivity contribution in [3.05, 3.63) is 45.9 Å². The van der Waals surface area contributed by atoms with Crippen LogP contribution in [-0.2, 0) is 4.79 Å². The topological polar surface area (TPSA) is 85.0 Å². The second-order valence-corrected chi connectivity index (χ2v) is 9.32. The van der Waals surface area contributed by atoms with Crippen molar-refractivity contribution in [1.82, 2.24) is 29.5 Å². The fraction of sp³-hybridized carbons (Fsp3) is 0.455. The molecule has 0 bridgehead atoms. The average molecular weight is 441 g/mol. The number of carbonyl (C=O) groups excluding carboxylic acids is 1. The van der Waals surface area contributed by atoms with Gasteiger partial charge in [-0.05, 0) is 52.5 Å². The van der Waals surface area contributed by atoms with Gasteiger partial charge in [0.05, 0.1) is 17.9 Å². The molecule has 1 aromatic carbocycles. The molecule has 0 saturated carbocycles. The molecular formula is C22H28N6O2S. The summed E-state index contributed by atoms with van der Waals surface area (Å²) in [4.78, 5) is 32.5. The number of carbonyl (C=O) groups is 1. The van der Waals surface area contributed by atoms with Crippen LogP contribution in [0.25, 0.3) is 16.7 Å². The van der Waals surface area contributed by atoms with E-state index in [2.05, 4.69) is 21.4 Å². The van der Waals surface area contributed by atoms with Crippen LogP contribution >= 0.6 is 11.8 Å². The number of rotatable bonds is 7. The lowest BCUT2D eigenvalue weighted by molar-refractivity contribution is -0.121. The SMILES string of the molecule is Cc1ccc(-n2ncc3c(=O)n4c(nc32)SCC4CC(=O)NCCCN(C)C)c(C)c1. The molecule has 0 aliphatic carbocycles. The van der Waals surface area contributed by atoms with Crippen molar-refractivity contribution in [1.29, 1.82) is 0 Å². The normalized spacial score (nSPS) is 15.6. The Bertz CT molecular complexity index is 1180. The van der Waals surface area contributed by atoms with Crippen LogP contribution in [0.15, 0.2) is 34.3 Å². The van der Waals surface area contributed by atoms with Crippen LogP contribution in [0.5, 0.6) is 0 Å². The highest BCUT2D eigenvalue weighted by Gasteiger charge is 2.29. The van der Waals surface area contributed by atoms with Crippen LogP contribution < -0.4 is 10.9 Å². The lowest BCUT2D eigenvalue weighted by atomic mass is 10.1. The molecule has 0 saturated heterocycles. The van der Waals surface area contributed by atoms with E-state index in [1.807, 2.05) is 40.1 Å². The second kappa shape index (κ2) is 8.84. The Hall–Kier alpha value is -2.65. The highest BCUT2D eigenvalue weighted by atomic mass is 32.2. The Balaban J connectivity index is 1.58. The minimum Gasteiger partial charge on any atom is -0.356 e. The van der Waals surface area contributed by atoms with Gasteiger partial charge < -0.3 is 10.2 Å². The first-order valence-electron chi connectivity index (χ1n) is 10.5. The number of aromatic nitrogens is 4. The van der Waals surface area contributed by atoms with Gasteiger partial charge in [0.2, 0.25) is 5.91 Å². The Labute approximate surface area is 185 Å². The average Bonchev–Trinajstić information content (AvgIpc) is 3.30. The van der Waals surface area contributed by atoms with Gasteiger partial charge in [0.25, 0.3) is 5.56 Å². The Morgan fingerprint density at radius 1 is 1.32 bits per heavy atom. The van der Waals surface area contributed by atoms with Crippen molar-refractivity contribution in [3.63, 3.8) is 0 Å². The van der Waals surface area contributed by atoms with Crippen LogP contribution in [0.3, 0.4) is 0 Å². The zero-order valence-corrected chi connectivity index (χ0v) is 19.2. The third-order valence-corrected chi connectivity index (χ3v) is 6.57. The molecule has 1 N–H and O–H groups in total. The van der Waals surface area contributed by atoms with Crippen molar-refractivity contribution in [2.45, 2.75) is 37.9 Å². The van der Waals surface area contributed by atoms with E-state index in [0.29, 0.717) is 28.5 Å². The minimum atomic E-state index is -0.192. The van der Waals surface area contributed by atoms with E-state index in [1.54, 1.807) is 15.4 Å². The summed E-state index contributed by atoms with van der Waals surface area (Å²) in [6.45, 7) is 5.63. The summed E-state index contributed by atoms with van der Waals surface area (Å²) < 4.78 is 3.40. The zero-order chi connectivity index (χ0) is 22.1. The lowest BCUT2D eigenvalue weighted by Gasteiger charge is -2.14. The van der Waals surface area contributed by atoms with Gasteiger partial charge >= 0.3 is 0 Å². The van der Waals surface area contributed by atoms with Crippen LogP contribution in [0.2, 0.25) is 0 Å². The monoisotopic (exact) mass is 440 g/mol. The summed E-state index contributed by atoms with van der Waals surface area (Å²) in [7, 11) is 4.02. The van der Waals surface area contributed by atoms with Gasteiger partial charge in [-0.1, -0.05) is 29.5 Å². The van der Waals surface area contributed by atoms with Crippen molar-refractivity contribution in [2.75, 3.05) is 32.9 Å². The van der Waals surface area contributed by atoms with Crippen LogP contribution in [0, 0.1) is 13.8 Å². The highest BCUT2D eigenvalue weighted by Crippen LogP contribution is 2.33. The largest absolute Gasteiger partial charge is 0.356 e. The first-order valence-corrected chi connectivity index (χ1v) is 11.5. The number of nitrogens with zero attached hydrogens (tertiary/aromatic N) is 5. The van der Waals surface area contributed by atoms with Gasteiger partial charge in [0.15, 0.2) is 10.8 Å². The Morgan fingerprint density at radius 3 is 2.87 bits per heavy atom. The number of hydrogen-bond donors (Lipinski definition) is 1. The van der Waals surface area contributed by atoms with Crippen LogP contribution in [0.1, 0.15) is 30.0 Å². The van der Waals surface area contributed by atoms with Crippen molar-refractivity contribution >= 4 is 28.7 Å². The quantitative estimate of drug-likeness (QED) is 0.448. The van der Waals surface area contributed by atoms with Gasteiger partial charge in [0, 0.05) is 18.7 Å². The van der Waals surface area contributed by atoms with Crippen LogP contribution in [-0.4, -0.2) is 63.1 Å². The van der Waals surface area contributed by atoms with Gasteiger partial charge in [-0.2, -0.15) is 5.10 Å². The lowest BCUT2D eigenvalue weighted by Crippen LogP contribution is -2.32. The predicted octanol–water partition coefficient (Wildman–Crippen LogP) is 2.30. The molecule has 3 aromatic rings. The third-order valence-electron chi connectivity index (χ3n) is 5.48. The molecule has 1 aliphatic rings. The summed E-state index contributed by atoms with van der Waals surface area (Å²) >= 11 is 1.52. The zero-order valence-electron chi connectivity index (χ0n) is 18.4. The number of thioether (sulfide) groups is 1. The highest BCUT2D eigenvalue weighted by molar-refractivity contribution is 7.99. The molecule has 1 atom stereocenters. The molecule has 2 aromatic heterocycles. The Kier molecular flexibility index (Phi) is 6.15. The molecule has 3 heterocycles. The molecule has 164 valence electrons. The molecule has 1 aliphatic heterocycles. The summed E-state index contributed by atoms with van der Waals surface area (Å²) in [5.41, 5.74) is 3.58. The van der Waals surface area contributed by atoms with E-state index in [1.165, 1.54) is 17.3 Å². The molecule has 9 heteroatoms. The predicted molar refractivity (Wildman–Crippen MR) is 123 cm³/mol. The van der Waals surface area contributed by atoms with Gasteiger partial charge in [-0.15, -0.1) is 0 Å². The number of nitrogens with one attached hydrogen (secondary N) is 1. The van der Waals surface area contributed by atoms with Gasteiger partial charge in [-0.3, -0.25) is 14.2 Å². The smallest absolute Gasteiger partial charge is 0.265 e. The summed E-state index contributed by atoms with van der Waals surface area (Å²) in [6, 6.07) is 5.92. The van der Waals surface area contributed by atoms with E-state index in [-0.39, 0.29) is 23.9 Å². The number of hydrogen-bond acceptors (Lipinski definition) is 6. The molecule has 1 unspecified atom stereocenters. The fourth-order valence-corrected chi connectivity index (χ4v) is 5.04. The number of fused-ring (bicyclic) bond motifs is 2. The van der Waals surface area contributed by atoms with E-state index >= 15 is 0 Å². The van der Waals surface area contributed by atoms with Crippen LogP contribution in [0.4, 0.5) is 0 Å². The van der Waals surface area contributed by atoms with Crippen molar-refractivity contribution in [2.24, 2.45) is 0 Å². The number of benzene rings is 1. The molecule has 0 radical (unpaired) electrons. The van der Waals surface area contributed by atoms with E-state index in [0.717, 1.165) is 24.2 Å².